The summed E-state index contributed by atoms with van der Waals surface area (Å²) in [4.78, 5) is 20.0. The third kappa shape index (κ3) is 6.34. The highest BCUT2D eigenvalue weighted by molar-refractivity contribution is 14.1. The molecule has 0 aliphatic heterocycles. The zero-order chi connectivity index (χ0) is 21.6. The van der Waals surface area contributed by atoms with Gasteiger partial charge < -0.3 is 10.2 Å². The molecule has 0 unspecified atom stereocenters. The molecule has 0 aliphatic rings. The lowest BCUT2D eigenvalue weighted by Crippen LogP contribution is -2.32. The highest BCUT2D eigenvalue weighted by Crippen LogP contribution is 2.32. The van der Waals surface area contributed by atoms with Gasteiger partial charge in [0.2, 0.25) is 0 Å². The van der Waals surface area contributed by atoms with E-state index in [2.05, 4.69) is 54.2 Å². The molecule has 2 aromatic rings. The first kappa shape index (κ1) is 24.0. The second kappa shape index (κ2) is 11.2. The van der Waals surface area contributed by atoms with E-state index in [9.17, 15) is 13.6 Å². The van der Waals surface area contributed by atoms with E-state index in [0.29, 0.717) is 12.2 Å². The summed E-state index contributed by atoms with van der Waals surface area (Å²) in [5, 5.41) is 2.85. The molecule has 2 N–H and O–H groups in total. The maximum absolute atomic E-state index is 14.7. The van der Waals surface area contributed by atoms with E-state index >= 15 is 0 Å². The number of anilines is 2. The third-order valence-corrected chi connectivity index (χ3v) is 5.67. The van der Waals surface area contributed by atoms with Gasteiger partial charge in [-0.15, -0.1) is 0 Å². The maximum Gasteiger partial charge on any atom is 0.277 e. The number of carbonyl (C=O) groups is 1. The Kier molecular flexibility index (Phi) is 9.25. The smallest absolute Gasteiger partial charge is 0.277 e. The number of likely N-dealkylation sites (N-methyl/N-ethyl adjacent to an activating group) is 1. The van der Waals surface area contributed by atoms with Crippen LogP contribution < -0.4 is 10.8 Å². The van der Waals surface area contributed by atoms with Crippen molar-refractivity contribution in [3.8, 4) is 0 Å². The monoisotopic (exact) mass is 581 g/mol. The molecule has 0 heterocycles. The fraction of sp³-hybridized carbons (Fsp3) is 0.350. The van der Waals surface area contributed by atoms with Crippen molar-refractivity contribution in [1.82, 2.24) is 10.4 Å². The van der Waals surface area contributed by atoms with Crippen molar-refractivity contribution in [2.24, 2.45) is 0 Å². The van der Waals surface area contributed by atoms with Crippen LogP contribution in [-0.4, -0.2) is 37.0 Å². The number of nitrogens with zero attached hydrogens (tertiary/aromatic N) is 1. The molecule has 5 nitrogen and oxygen atoms in total. The molecule has 2 aromatic carbocycles. The number of aryl methyl sites for hydroxylation is 1. The number of nitrogens with one attached hydrogen (secondary N) is 2. The minimum atomic E-state index is -1.15. The number of hydrogen-bond acceptors (Lipinski definition) is 4. The van der Waals surface area contributed by atoms with Gasteiger partial charge in [-0.2, -0.15) is 0 Å². The summed E-state index contributed by atoms with van der Waals surface area (Å²) in [6, 6.07) is 6.70. The number of hydrogen-bond donors (Lipinski definition) is 2. The van der Waals surface area contributed by atoms with E-state index in [1.54, 1.807) is 6.07 Å². The molecule has 2 rings (SSSR count). The van der Waals surface area contributed by atoms with Crippen LogP contribution in [0.3, 0.4) is 0 Å². The van der Waals surface area contributed by atoms with Crippen LogP contribution in [0.2, 0.25) is 0 Å². The van der Waals surface area contributed by atoms with Crippen LogP contribution in [0.15, 0.2) is 28.7 Å². The summed E-state index contributed by atoms with van der Waals surface area (Å²) in [6.07, 6.45) is 0. The van der Waals surface area contributed by atoms with Gasteiger partial charge in [0, 0.05) is 15.8 Å². The van der Waals surface area contributed by atoms with E-state index in [0.717, 1.165) is 22.2 Å². The largest absolute Gasteiger partial charge is 0.352 e. The Balaban J connectivity index is 2.23. The zero-order valence-corrected chi connectivity index (χ0v) is 20.2. The molecule has 0 bridgehead atoms. The molecular weight excluding hydrogens is 559 g/mol. The molecule has 9 heteroatoms. The highest BCUT2D eigenvalue weighted by atomic mass is 127. The minimum Gasteiger partial charge on any atom is -0.352 e. The first-order chi connectivity index (χ1) is 13.8. The van der Waals surface area contributed by atoms with Gasteiger partial charge in [-0.3, -0.25) is 9.63 Å². The molecule has 29 heavy (non-hydrogen) atoms. The van der Waals surface area contributed by atoms with Gasteiger partial charge in [0.1, 0.15) is 0 Å². The summed E-state index contributed by atoms with van der Waals surface area (Å²) in [6.45, 7) is 8.56. The van der Waals surface area contributed by atoms with Crippen molar-refractivity contribution in [3.63, 3.8) is 0 Å². The molecule has 1 amide bonds. The standard InChI is InChI=1S/C20H23BrF2IN3O2/c1-4-27(5-2)8-9-29-26-20(28)14-11-15(21)17(22)18(23)19(14)25-16-7-6-13(24)10-12(16)3/h6-7,10-11,25H,4-5,8-9H2,1-3H3,(H,26,28). The summed E-state index contributed by atoms with van der Waals surface area (Å²) < 4.78 is 29.7. The molecule has 0 aromatic heterocycles. The van der Waals surface area contributed by atoms with E-state index in [1.807, 2.05) is 32.9 Å². The van der Waals surface area contributed by atoms with Gasteiger partial charge in [0.25, 0.3) is 5.91 Å². The second-order valence-electron chi connectivity index (χ2n) is 6.30. The van der Waals surface area contributed by atoms with Gasteiger partial charge in [0.05, 0.1) is 22.3 Å². The summed E-state index contributed by atoms with van der Waals surface area (Å²) >= 11 is 5.12. The summed E-state index contributed by atoms with van der Waals surface area (Å²) in [7, 11) is 0. The lowest BCUT2D eigenvalue weighted by atomic mass is 10.1. The lowest BCUT2D eigenvalue weighted by Gasteiger charge is -2.18. The fourth-order valence-electron chi connectivity index (χ4n) is 2.68. The second-order valence-corrected chi connectivity index (χ2v) is 8.40. The first-order valence-corrected chi connectivity index (χ1v) is 11.0. The van der Waals surface area contributed by atoms with E-state index in [1.165, 1.54) is 6.07 Å². The Morgan fingerprint density at radius 1 is 1.21 bits per heavy atom. The predicted molar refractivity (Wildman–Crippen MR) is 122 cm³/mol. The van der Waals surface area contributed by atoms with Gasteiger partial charge in [-0.1, -0.05) is 13.8 Å². The Bertz CT molecular complexity index is 879. The van der Waals surface area contributed by atoms with Crippen LogP contribution in [-0.2, 0) is 4.84 Å². The maximum atomic E-state index is 14.7. The Hall–Kier alpha value is -1.30. The number of amides is 1. The van der Waals surface area contributed by atoms with Crippen molar-refractivity contribution >= 4 is 55.8 Å². The predicted octanol–water partition coefficient (Wildman–Crippen LogP) is 5.39. The van der Waals surface area contributed by atoms with Crippen molar-refractivity contribution in [3.05, 3.63) is 55.1 Å². The molecular formula is C20H23BrF2IN3O2. The third-order valence-electron chi connectivity index (χ3n) is 4.42. The van der Waals surface area contributed by atoms with Crippen LogP contribution >= 0.6 is 38.5 Å². The highest BCUT2D eigenvalue weighted by Gasteiger charge is 2.22. The molecule has 158 valence electrons. The van der Waals surface area contributed by atoms with Crippen LogP contribution in [0.4, 0.5) is 20.2 Å². The number of carbonyl (C=O) groups excluding carboxylic acids is 1. The lowest BCUT2D eigenvalue weighted by molar-refractivity contribution is 0.0233. The normalized spacial score (nSPS) is 11.0. The van der Waals surface area contributed by atoms with Crippen LogP contribution in [0.25, 0.3) is 0 Å². The first-order valence-electron chi connectivity index (χ1n) is 9.13. The fourth-order valence-corrected chi connectivity index (χ4v) is 3.73. The van der Waals surface area contributed by atoms with E-state index in [-0.39, 0.29) is 22.3 Å². The zero-order valence-electron chi connectivity index (χ0n) is 16.4. The average molecular weight is 582 g/mol. The SMILES string of the molecule is CCN(CC)CCONC(=O)c1cc(Br)c(F)c(F)c1Nc1ccc(I)cc1C. The number of hydroxylamine groups is 1. The molecule has 0 saturated heterocycles. The quantitative estimate of drug-likeness (QED) is 0.180. The molecule has 0 radical (unpaired) electrons. The number of halogens is 4. The van der Waals surface area contributed by atoms with Crippen molar-refractivity contribution in [2.75, 3.05) is 31.6 Å². The molecule has 0 saturated carbocycles. The average Bonchev–Trinajstić information content (AvgIpc) is 2.69. The van der Waals surface area contributed by atoms with Crippen LogP contribution in [0.5, 0.6) is 0 Å². The topological polar surface area (TPSA) is 53.6 Å². The Labute approximate surface area is 191 Å². The Morgan fingerprint density at radius 3 is 2.52 bits per heavy atom. The molecule has 0 atom stereocenters. The number of rotatable bonds is 9. The van der Waals surface area contributed by atoms with Crippen molar-refractivity contribution < 1.29 is 18.4 Å². The molecule has 0 fully saturated rings. The minimum absolute atomic E-state index is 0.0726. The van der Waals surface area contributed by atoms with Crippen molar-refractivity contribution in [1.29, 1.82) is 0 Å². The van der Waals surface area contributed by atoms with Crippen LogP contribution in [0.1, 0.15) is 29.8 Å². The van der Waals surface area contributed by atoms with Crippen LogP contribution in [0, 0.1) is 22.1 Å². The molecule has 0 spiro atoms. The number of benzene rings is 2. The van der Waals surface area contributed by atoms with Gasteiger partial charge in [-0.25, -0.2) is 14.3 Å². The summed E-state index contributed by atoms with van der Waals surface area (Å²) in [5.41, 5.74) is 3.39. The Morgan fingerprint density at radius 2 is 1.90 bits per heavy atom. The van der Waals surface area contributed by atoms with Gasteiger partial charge >= 0.3 is 0 Å². The van der Waals surface area contributed by atoms with E-state index < -0.39 is 17.5 Å². The molecule has 0 aliphatic carbocycles. The summed E-state index contributed by atoms with van der Waals surface area (Å²) in [5.74, 6) is -2.89. The van der Waals surface area contributed by atoms with Crippen molar-refractivity contribution in [2.45, 2.75) is 20.8 Å². The van der Waals surface area contributed by atoms with E-state index in [4.69, 9.17) is 4.84 Å². The van der Waals surface area contributed by atoms with Gasteiger partial charge in [-0.05, 0) is 88.4 Å². The van der Waals surface area contributed by atoms with Gasteiger partial charge in [0.15, 0.2) is 11.6 Å².